The highest BCUT2D eigenvalue weighted by molar-refractivity contribution is 7.16. The van der Waals surface area contributed by atoms with E-state index in [4.69, 9.17) is 4.74 Å². The molecule has 0 atom stereocenters. The van der Waals surface area contributed by atoms with E-state index in [0.717, 1.165) is 41.2 Å². The average molecular weight is 362 g/mol. The van der Waals surface area contributed by atoms with Crippen molar-refractivity contribution in [3.8, 4) is 6.07 Å². The minimum absolute atomic E-state index is 0.318. The Hall–Kier alpha value is -2.31. The summed E-state index contributed by atoms with van der Waals surface area (Å²) in [4.78, 5) is 25.4. The number of nitriles is 1. The zero-order valence-corrected chi connectivity index (χ0v) is 14.6. The third kappa shape index (κ3) is 3.16. The molecule has 0 saturated carbocycles. The number of aromatic nitrogens is 2. The van der Waals surface area contributed by atoms with Gasteiger partial charge in [-0.1, -0.05) is 11.4 Å². The zero-order chi connectivity index (χ0) is 17.1. The van der Waals surface area contributed by atoms with Gasteiger partial charge in [-0.25, -0.2) is 4.79 Å². The van der Waals surface area contributed by atoms with Crippen molar-refractivity contribution < 1.29 is 14.3 Å². The van der Waals surface area contributed by atoms with E-state index < -0.39 is 18.5 Å². The Kier molecular flexibility index (Phi) is 4.87. The fourth-order valence-corrected chi connectivity index (χ4v) is 4.47. The van der Waals surface area contributed by atoms with Crippen LogP contribution in [-0.2, 0) is 28.8 Å². The van der Waals surface area contributed by atoms with Crippen molar-refractivity contribution in [3.63, 3.8) is 0 Å². The summed E-state index contributed by atoms with van der Waals surface area (Å²) in [5.41, 5.74) is 2.14. The van der Waals surface area contributed by atoms with E-state index in [2.05, 4.69) is 21.0 Å². The summed E-state index contributed by atoms with van der Waals surface area (Å²) in [6.07, 6.45) is 3.43. The number of ether oxygens (including phenoxy) is 1. The molecular weight excluding hydrogens is 348 g/mol. The Balaban J connectivity index is 1.61. The molecule has 0 saturated heterocycles. The number of esters is 1. The average Bonchev–Trinajstić information content (AvgIpc) is 3.27. The Bertz CT molecular complexity index is 834. The van der Waals surface area contributed by atoms with Crippen LogP contribution in [0.25, 0.3) is 0 Å². The van der Waals surface area contributed by atoms with Crippen LogP contribution in [0.2, 0.25) is 0 Å². The molecule has 1 aliphatic carbocycles. The van der Waals surface area contributed by atoms with Gasteiger partial charge in [0.15, 0.2) is 11.5 Å². The molecule has 0 aliphatic heterocycles. The molecule has 2 aromatic rings. The monoisotopic (exact) mass is 362 g/mol. The van der Waals surface area contributed by atoms with E-state index in [1.165, 1.54) is 11.3 Å². The van der Waals surface area contributed by atoms with Gasteiger partial charge in [0, 0.05) is 4.88 Å². The normalized spacial score (nSPS) is 12.5. The van der Waals surface area contributed by atoms with Crippen molar-refractivity contribution in [1.82, 2.24) is 9.59 Å². The number of hydrogen-bond acceptors (Lipinski definition) is 8. The van der Waals surface area contributed by atoms with Gasteiger partial charge in [-0.05, 0) is 42.8 Å². The van der Waals surface area contributed by atoms with Crippen LogP contribution in [-0.4, -0.2) is 28.1 Å². The minimum atomic E-state index is -0.605. The maximum Gasteiger partial charge on any atom is 0.352 e. The first kappa shape index (κ1) is 16.5. The smallest absolute Gasteiger partial charge is 0.352 e. The molecule has 1 N–H and O–H groups in total. The lowest BCUT2D eigenvalue weighted by Gasteiger charge is -2.05. The first-order valence-electron chi connectivity index (χ1n) is 7.46. The van der Waals surface area contributed by atoms with Crippen molar-refractivity contribution in [2.75, 3.05) is 11.9 Å². The Morgan fingerprint density at radius 2 is 2.25 bits per heavy atom. The second kappa shape index (κ2) is 7.07. The number of amides is 1. The van der Waals surface area contributed by atoms with Crippen molar-refractivity contribution in [2.45, 2.75) is 32.6 Å². The van der Waals surface area contributed by atoms with Gasteiger partial charge < -0.3 is 10.1 Å². The zero-order valence-electron chi connectivity index (χ0n) is 12.9. The number of nitrogens with zero attached hydrogens (tertiary/aromatic N) is 3. The SMILES string of the molecule is CCc1nnsc1C(=O)OCC(=O)Nc1sc2c(c1C#N)CCC2. The molecular formula is C15H14N4O3S2. The fraction of sp³-hybridized carbons (Fsp3) is 0.400. The number of aryl methyl sites for hydroxylation is 2. The molecule has 0 fully saturated rings. The number of fused-ring (bicyclic) bond motifs is 1. The van der Waals surface area contributed by atoms with Crippen LogP contribution in [0.3, 0.4) is 0 Å². The Morgan fingerprint density at radius 1 is 1.42 bits per heavy atom. The van der Waals surface area contributed by atoms with E-state index in [1.54, 1.807) is 0 Å². The Labute approximate surface area is 146 Å². The first-order valence-corrected chi connectivity index (χ1v) is 9.05. The van der Waals surface area contributed by atoms with Gasteiger partial charge in [-0.15, -0.1) is 16.4 Å². The summed E-state index contributed by atoms with van der Waals surface area (Å²) in [5, 5.41) is 16.3. The summed E-state index contributed by atoms with van der Waals surface area (Å²) in [6, 6.07) is 2.16. The summed E-state index contributed by atoms with van der Waals surface area (Å²) < 4.78 is 8.73. The van der Waals surface area contributed by atoms with Gasteiger partial charge in [0.1, 0.15) is 11.1 Å². The summed E-state index contributed by atoms with van der Waals surface area (Å²) >= 11 is 2.38. The molecule has 0 bridgehead atoms. The maximum atomic E-state index is 12.0. The molecule has 0 unspecified atom stereocenters. The van der Waals surface area contributed by atoms with Gasteiger partial charge in [0.05, 0.1) is 11.3 Å². The van der Waals surface area contributed by atoms with Gasteiger partial charge >= 0.3 is 5.97 Å². The molecule has 0 aromatic carbocycles. The first-order chi connectivity index (χ1) is 11.6. The predicted molar refractivity (Wildman–Crippen MR) is 89.3 cm³/mol. The molecule has 7 nitrogen and oxygen atoms in total. The van der Waals surface area contributed by atoms with Crippen LogP contribution in [0.15, 0.2) is 0 Å². The number of carbonyl (C=O) groups excluding carboxylic acids is 2. The van der Waals surface area contributed by atoms with Crippen LogP contribution in [0.1, 0.15) is 44.7 Å². The summed E-state index contributed by atoms with van der Waals surface area (Å²) in [6.45, 7) is 1.45. The van der Waals surface area contributed by atoms with Gasteiger partial charge in [0.25, 0.3) is 5.91 Å². The van der Waals surface area contributed by atoms with E-state index in [1.807, 2.05) is 6.92 Å². The topological polar surface area (TPSA) is 105 Å². The highest BCUT2D eigenvalue weighted by Crippen LogP contribution is 2.38. The lowest BCUT2D eigenvalue weighted by Crippen LogP contribution is -2.21. The summed E-state index contributed by atoms with van der Waals surface area (Å²) in [7, 11) is 0. The molecule has 24 heavy (non-hydrogen) atoms. The van der Waals surface area contributed by atoms with Gasteiger partial charge in [-0.2, -0.15) is 5.26 Å². The summed E-state index contributed by atoms with van der Waals surface area (Å²) in [5.74, 6) is -1.07. The molecule has 1 amide bonds. The molecule has 2 aromatic heterocycles. The number of anilines is 1. The van der Waals surface area contributed by atoms with Crippen molar-refractivity contribution >= 4 is 39.7 Å². The van der Waals surface area contributed by atoms with Crippen molar-refractivity contribution in [2.24, 2.45) is 0 Å². The highest BCUT2D eigenvalue weighted by Gasteiger charge is 2.23. The molecule has 2 heterocycles. The van der Waals surface area contributed by atoms with E-state index in [9.17, 15) is 14.9 Å². The second-order valence-electron chi connectivity index (χ2n) is 5.20. The van der Waals surface area contributed by atoms with E-state index in [-0.39, 0.29) is 0 Å². The number of nitrogens with one attached hydrogen (secondary N) is 1. The lowest BCUT2D eigenvalue weighted by molar-refractivity contribution is -0.119. The second-order valence-corrected chi connectivity index (χ2v) is 7.06. The molecule has 0 spiro atoms. The minimum Gasteiger partial charge on any atom is -0.451 e. The van der Waals surface area contributed by atoms with Crippen molar-refractivity contribution in [1.29, 1.82) is 5.26 Å². The third-order valence-electron chi connectivity index (χ3n) is 3.70. The van der Waals surface area contributed by atoms with Crippen LogP contribution < -0.4 is 5.32 Å². The molecule has 124 valence electrons. The highest BCUT2D eigenvalue weighted by atomic mass is 32.1. The van der Waals surface area contributed by atoms with Crippen LogP contribution in [0.5, 0.6) is 0 Å². The standard InChI is InChI=1S/C15H14N4O3S2/c1-2-10-13(24-19-18-10)15(21)22-7-12(20)17-14-9(6-16)8-4-3-5-11(8)23-14/h2-5,7H2,1H3,(H,17,20). The molecule has 0 radical (unpaired) electrons. The largest absolute Gasteiger partial charge is 0.451 e. The number of hydrogen-bond donors (Lipinski definition) is 1. The van der Waals surface area contributed by atoms with Crippen LogP contribution in [0.4, 0.5) is 5.00 Å². The predicted octanol–water partition coefficient (Wildman–Crippen LogP) is 2.32. The fourth-order valence-electron chi connectivity index (χ4n) is 2.56. The molecule has 3 rings (SSSR count). The van der Waals surface area contributed by atoms with E-state index >= 15 is 0 Å². The lowest BCUT2D eigenvalue weighted by atomic mass is 10.1. The number of rotatable bonds is 5. The van der Waals surface area contributed by atoms with Crippen LogP contribution >= 0.6 is 22.9 Å². The maximum absolute atomic E-state index is 12.0. The number of carbonyl (C=O) groups is 2. The third-order valence-corrected chi connectivity index (χ3v) is 5.65. The Morgan fingerprint density at radius 3 is 3.00 bits per heavy atom. The van der Waals surface area contributed by atoms with Gasteiger partial charge in [0.2, 0.25) is 0 Å². The molecule has 9 heteroatoms. The number of thiophene rings is 1. The van der Waals surface area contributed by atoms with Gasteiger partial charge in [-0.3, -0.25) is 4.79 Å². The van der Waals surface area contributed by atoms with Crippen molar-refractivity contribution in [3.05, 3.63) is 26.6 Å². The molecule has 1 aliphatic rings. The van der Waals surface area contributed by atoms with E-state index in [0.29, 0.717) is 27.6 Å². The quantitative estimate of drug-likeness (QED) is 0.818. The van der Waals surface area contributed by atoms with Crippen LogP contribution in [0, 0.1) is 11.3 Å².